The number of para-hydroxylation sites is 1. The molecule has 0 N–H and O–H groups in total. The van der Waals surface area contributed by atoms with Crippen LogP contribution in [0.4, 0.5) is 10.2 Å². The molecule has 0 aliphatic carbocycles. The van der Waals surface area contributed by atoms with Crippen LogP contribution in [0.25, 0.3) is 11.3 Å². The highest BCUT2D eigenvalue weighted by molar-refractivity contribution is 7.10. The summed E-state index contributed by atoms with van der Waals surface area (Å²) in [5.74, 6) is 1.58. The zero-order valence-corrected chi connectivity index (χ0v) is 15.4. The second kappa shape index (κ2) is 7.41. The zero-order valence-electron chi connectivity index (χ0n) is 14.6. The molecule has 0 radical (unpaired) electrons. The van der Waals surface area contributed by atoms with Gasteiger partial charge in [-0.15, -0.1) is 11.3 Å². The minimum absolute atomic E-state index is 0.425. The summed E-state index contributed by atoms with van der Waals surface area (Å²) in [4.78, 5) is 11.0. The molecule has 0 atom stereocenters. The van der Waals surface area contributed by atoms with Crippen LogP contribution in [-0.4, -0.2) is 30.2 Å². The number of piperidine rings is 1. The third-order valence-corrected chi connectivity index (χ3v) is 5.78. The van der Waals surface area contributed by atoms with Gasteiger partial charge in [0.2, 0.25) is 5.95 Å². The van der Waals surface area contributed by atoms with Crippen LogP contribution in [0.3, 0.4) is 0 Å². The summed E-state index contributed by atoms with van der Waals surface area (Å²) in [7, 11) is 1.68. The van der Waals surface area contributed by atoms with Gasteiger partial charge in [-0.2, -0.15) is 4.39 Å². The zero-order chi connectivity index (χ0) is 17.9. The molecule has 4 nitrogen and oxygen atoms in total. The highest BCUT2D eigenvalue weighted by Gasteiger charge is 2.24. The molecular weight excluding hydrogens is 349 g/mol. The predicted octanol–water partition coefficient (Wildman–Crippen LogP) is 4.74. The van der Waals surface area contributed by atoms with Gasteiger partial charge in [-0.3, -0.25) is 0 Å². The molecule has 0 unspecified atom stereocenters. The number of anilines is 1. The van der Waals surface area contributed by atoms with Crippen molar-refractivity contribution in [1.82, 2.24) is 9.97 Å². The monoisotopic (exact) mass is 369 g/mol. The molecule has 1 aliphatic heterocycles. The number of benzene rings is 1. The first kappa shape index (κ1) is 17.0. The smallest absolute Gasteiger partial charge is 0.214 e. The summed E-state index contributed by atoms with van der Waals surface area (Å²) in [5.41, 5.74) is 2.00. The van der Waals surface area contributed by atoms with E-state index in [0.29, 0.717) is 5.92 Å². The van der Waals surface area contributed by atoms with E-state index in [0.717, 1.165) is 53.8 Å². The number of aromatic nitrogens is 2. The summed E-state index contributed by atoms with van der Waals surface area (Å²) >= 11 is 1.71. The summed E-state index contributed by atoms with van der Waals surface area (Å²) in [6.45, 7) is 1.73. The lowest BCUT2D eigenvalue weighted by molar-refractivity contribution is 0.416. The largest absolute Gasteiger partial charge is 0.496 e. The van der Waals surface area contributed by atoms with Crippen LogP contribution >= 0.6 is 11.3 Å². The quantitative estimate of drug-likeness (QED) is 0.623. The molecule has 1 aliphatic rings. The molecule has 3 heterocycles. The average molecular weight is 369 g/mol. The number of halogens is 1. The molecule has 4 rings (SSSR count). The molecule has 6 heteroatoms. The van der Waals surface area contributed by atoms with Crippen molar-refractivity contribution in [3.63, 3.8) is 0 Å². The lowest BCUT2D eigenvalue weighted by Gasteiger charge is -2.31. The first-order chi connectivity index (χ1) is 12.7. The first-order valence-corrected chi connectivity index (χ1v) is 9.59. The number of nitrogens with zero attached hydrogens (tertiary/aromatic N) is 3. The molecule has 3 aromatic rings. The van der Waals surface area contributed by atoms with E-state index in [1.165, 1.54) is 6.07 Å². The van der Waals surface area contributed by atoms with E-state index in [9.17, 15) is 4.39 Å². The van der Waals surface area contributed by atoms with Gasteiger partial charge in [0.15, 0.2) is 0 Å². The molecule has 0 spiro atoms. The summed E-state index contributed by atoms with van der Waals surface area (Å²) < 4.78 is 18.8. The minimum atomic E-state index is -0.425. The Morgan fingerprint density at radius 3 is 2.65 bits per heavy atom. The van der Waals surface area contributed by atoms with E-state index >= 15 is 0 Å². The van der Waals surface area contributed by atoms with E-state index in [1.54, 1.807) is 24.5 Å². The average Bonchev–Trinajstić information content (AvgIpc) is 3.18. The first-order valence-electron chi connectivity index (χ1n) is 8.71. The van der Waals surface area contributed by atoms with Crippen LogP contribution in [0.2, 0.25) is 0 Å². The molecule has 1 saturated heterocycles. The van der Waals surface area contributed by atoms with Gasteiger partial charge < -0.3 is 9.64 Å². The maximum atomic E-state index is 13.3. The van der Waals surface area contributed by atoms with Gasteiger partial charge in [0.25, 0.3) is 0 Å². The Morgan fingerprint density at radius 2 is 1.88 bits per heavy atom. The topological polar surface area (TPSA) is 38.2 Å². The number of hydrogen-bond donors (Lipinski definition) is 0. The molecule has 0 bridgehead atoms. The molecule has 1 fully saturated rings. The summed E-state index contributed by atoms with van der Waals surface area (Å²) in [5, 5.41) is 3.27. The summed E-state index contributed by atoms with van der Waals surface area (Å²) in [6.07, 6.45) is 1.99. The normalized spacial score (nSPS) is 15.2. The molecule has 1 aromatic carbocycles. The van der Waals surface area contributed by atoms with E-state index in [4.69, 9.17) is 9.72 Å². The van der Waals surface area contributed by atoms with E-state index < -0.39 is 5.95 Å². The molecule has 26 heavy (non-hydrogen) atoms. The van der Waals surface area contributed by atoms with Crippen molar-refractivity contribution in [2.45, 2.75) is 18.8 Å². The van der Waals surface area contributed by atoms with Crippen molar-refractivity contribution >= 4 is 17.2 Å². The number of rotatable bonds is 4. The van der Waals surface area contributed by atoms with E-state index in [-0.39, 0.29) is 0 Å². The Balaban J connectivity index is 1.46. The number of hydrogen-bond acceptors (Lipinski definition) is 5. The number of methoxy groups -OCH3 is 1. The van der Waals surface area contributed by atoms with E-state index in [1.807, 2.05) is 30.3 Å². The fraction of sp³-hybridized carbons (Fsp3) is 0.300. The molecule has 0 amide bonds. The third kappa shape index (κ3) is 3.42. The van der Waals surface area contributed by atoms with Gasteiger partial charge in [-0.05, 0) is 37.1 Å². The van der Waals surface area contributed by atoms with Crippen molar-refractivity contribution in [2.24, 2.45) is 0 Å². The highest BCUT2D eigenvalue weighted by Crippen LogP contribution is 2.36. The van der Waals surface area contributed by atoms with Crippen LogP contribution in [0.1, 0.15) is 23.8 Å². The Hall–Kier alpha value is -2.47. The van der Waals surface area contributed by atoms with Gasteiger partial charge in [0, 0.05) is 30.0 Å². The number of thiazole rings is 1. The van der Waals surface area contributed by atoms with Crippen molar-refractivity contribution in [3.8, 4) is 17.0 Å². The lowest BCUT2D eigenvalue weighted by Crippen LogP contribution is -2.33. The lowest BCUT2D eigenvalue weighted by atomic mass is 9.97. The van der Waals surface area contributed by atoms with Crippen LogP contribution < -0.4 is 9.64 Å². The summed E-state index contributed by atoms with van der Waals surface area (Å²) in [6, 6.07) is 12.9. The fourth-order valence-electron chi connectivity index (χ4n) is 3.38. The SMILES string of the molecule is COc1ccccc1-c1csc(C2CCN(c3cccc(F)n3)CC2)n1. The van der Waals surface area contributed by atoms with Gasteiger partial charge >= 0.3 is 0 Å². The Kier molecular flexibility index (Phi) is 4.84. The standard InChI is InChI=1S/C20H20FN3OS/c1-25-17-6-3-2-5-15(17)16-13-26-20(22-16)14-9-11-24(12-10-14)19-8-4-7-18(21)23-19/h2-8,13-14H,9-12H2,1H3. The van der Waals surface area contributed by atoms with Gasteiger partial charge in [-0.1, -0.05) is 18.2 Å². The third-order valence-electron chi connectivity index (χ3n) is 4.77. The number of ether oxygens (including phenoxy) is 1. The van der Waals surface area contributed by atoms with Crippen LogP contribution in [0.15, 0.2) is 47.8 Å². The molecule has 2 aromatic heterocycles. The fourth-order valence-corrected chi connectivity index (χ4v) is 4.38. The van der Waals surface area contributed by atoms with Crippen molar-refractivity contribution in [1.29, 1.82) is 0 Å². The Labute approximate surface area is 156 Å². The van der Waals surface area contributed by atoms with Crippen molar-refractivity contribution in [3.05, 3.63) is 58.8 Å². The van der Waals surface area contributed by atoms with Crippen molar-refractivity contribution in [2.75, 3.05) is 25.1 Å². The van der Waals surface area contributed by atoms with Crippen LogP contribution in [-0.2, 0) is 0 Å². The van der Waals surface area contributed by atoms with Crippen LogP contribution in [0, 0.1) is 5.95 Å². The molecule has 134 valence electrons. The molecular formula is C20H20FN3OS. The van der Waals surface area contributed by atoms with Gasteiger partial charge in [-0.25, -0.2) is 9.97 Å². The second-order valence-electron chi connectivity index (χ2n) is 6.35. The van der Waals surface area contributed by atoms with Crippen LogP contribution in [0.5, 0.6) is 5.75 Å². The maximum Gasteiger partial charge on any atom is 0.214 e. The van der Waals surface area contributed by atoms with Crippen molar-refractivity contribution < 1.29 is 9.13 Å². The van der Waals surface area contributed by atoms with Gasteiger partial charge in [0.05, 0.1) is 17.8 Å². The predicted molar refractivity (Wildman–Crippen MR) is 102 cm³/mol. The minimum Gasteiger partial charge on any atom is -0.496 e. The second-order valence-corrected chi connectivity index (χ2v) is 7.24. The molecule has 0 saturated carbocycles. The van der Waals surface area contributed by atoms with E-state index in [2.05, 4.69) is 15.3 Å². The Morgan fingerprint density at radius 1 is 1.08 bits per heavy atom. The Bertz CT molecular complexity index is 890. The number of pyridine rings is 1. The maximum absolute atomic E-state index is 13.3. The van der Waals surface area contributed by atoms with Gasteiger partial charge in [0.1, 0.15) is 11.6 Å². The highest BCUT2D eigenvalue weighted by atomic mass is 32.1.